The molecule has 2 heterocycles. The molecule has 0 radical (unpaired) electrons. The molecule has 4 heteroatoms. The fourth-order valence-electron chi connectivity index (χ4n) is 2.81. The third kappa shape index (κ3) is 2.51. The van der Waals surface area contributed by atoms with E-state index in [1.54, 1.807) is 12.1 Å². The Balaban J connectivity index is 1.85. The van der Waals surface area contributed by atoms with Crippen molar-refractivity contribution in [1.82, 2.24) is 14.4 Å². The summed E-state index contributed by atoms with van der Waals surface area (Å²) >= 11 is 0. The summed E-state index contributed by atoms with van der Waals surface area (Å²) in [5.41, 5.74) is 2.27. The lowest BCUT2D eigenvalue weighted by molar-refractivity contribution is 0.148. The van der Waals surface area contributed by atoms with Crippen molar-refractivity contribution in [2.24, 2.45) is 7.05 Å². The van der Waals surface area contributed by atoms with Gasteiger partial charge in [0, 0.05) is 51.4 Å². The van der Waals surface area contributed by atoms with Crippen LogP contribution in [0.1, 0.15) is 5.56 Å². The minimum absolute atomic E-state index is 0.167. The number of aromatic nitrogens is 1. The number of hydrogen-bond acceptors (Lipinski definition) is 2. The van der Waals surface area contributed by atoms with E-state index in [0.717, 1.165) is 38.2 Å². The van der Waals surface area contributed by atoms with Crippen LogP contribution in [0.2, 0.25) is 0 Å². The molecule has 0 aliphatic carbocycles. The van der Waals surface area contributed by atoms with Crippen molar-refractivity contribution in [2.45, 2.75) is 6.54 Å². The largest absolute Gasteiger partial charge is 0.350 e. The SMILES string of the molecule is CN1CCN(Cc2cn(C)c3cc(F)ccc23)CC1. The average Bonchev–Trinajstić information content (AvgIpc) is 2.69. The standard InChI is InChI=1S/C15H20FN3/c1-17-5-7-19(8-6-17)11-12-10-18(2)15-9-13(16)3-4-14(12)15/h3-4,9-10H,5-8,11H2,1-2H3. The predicted molar refractivity (Wildman–Crippen MR) is 75.7 cm³/mol. The highest BCUT2D eigenvalue weighted by Gasteiger charge is 2.16. The molecule has 0 amide bonds. The van der Waals surface area contributed by atoms with E-state index in [2.05, 4.69) is 23.0 Å². The number of halogens is 1. The van der Waals surface area contributed by atoms with E-state index in [1.807, 2.05) is 17.7 Å². The molecular weight excluding hydrogens is 241 g/mol. The molecule has 0 spiro atoms. The van der Waals surface area contributed by atoms with Gasteiger partial charge in [0.2, 0.25) is 0 Å². The van der Waals surface area contributed by atoms with Crippen LogP contribution in [-0.2, 0) is 13.6 Å². The first-order valence-electron chi connectivity index (χ1n) is 6.78. The van der Waals surface area contributed by atoms with Gasteiger partial charge in [-0.15, -0.1) is 0 Å². The smallest absolute Gasteiger partial charge is 0.125 e. The number of fused-ring (bicyclic) bond motifs is 1. The Morgan fingerprint density at radius 3 is 2.58 bits per heavy atom. The highest BCUT2D eigenvalue weighted by atomic mass is 19.1. The second kappa shape index (κ2) is 4.94. The molecule has 102 valence electrons. The first-order valence-corrected chi connectivity index (χ1v) is 6.78. The molecule has 1 aliphatic heterocycles. The number of nitrogens with zero attached hydrogens (tertiary/aromatic N) is 3. The molecule has 0 N–H and O–H groups in total. The Kier molecular flexibility index (Phi) is 3.29. The summed E-state index contributed by atoms with van der Waals surface area (Å²) in [4.78, 5) is 4.83. The van der Waals surface area contributed by atoms with Crippen molar-refractivity contribution < 1.29 is 4.39 Å². The van der Waals surface area contributed by atoms with Gasteiger partial charge in [0.15, 0.2) is 0 Å². The number of aryl methyl sites for hydroxylation is 1. The van der Waals surface area contributed by atoms with Gasteiger partial charge in [-0.25, -0.2) is 4.39 Å². The molecule has 1 aromatic carbocycles. The van der Waals surface area contributed by atoms with Crippen molar-refractivity contribution in [2.75, 3.05) is 33.2 Å². The maximum atomic E-state index is 13.3. The van der Waals surface area contributed by atoms with Gasteiger partial charge in [-0.1, -0.05) is 0 Å². The van der Waals surface area contributed by atoms with Crippen LogP contribution in [0.3, 0.4) is 0 Å². The lowest BCUT2D eigenvalue weighted by Gasteiger charge is -2.32. The van der Waals surface area contributed by atoms with Crippen molar-refractivity contribution >= 4 is 10.9 Å². The third-order valence-corrected chi connectivity index (χ3v) is 4.03. The van der Waals surface area contributed by atoms with Crippen LogP contribution in [0.5, 0.6) is 0 Å². The van der Waals surface area contributed by atoms with Crippen molar-refractivity contribution in [3.8, 4) is 0 Å². The predicted octanol–water partition coefficient (Wildman–Crippen LogP) is 2.06. The van der Waals surface area contributed by atoms with E-state index in [1.165, 1.54) is 10.9 Å². The van der Waals surface area contributed by atoms with Gasteiger partial charge in [0.05, 0.1) is 5.52 Å². The molecule has 1 fully saturated rings. The maximum absolute atomic E-state index is 13.3. The highest BCUT2D eigenvalue weighted by molar-refractivity contribution is 5.83. The van der Waals surface area contributed by atoms with E-state index in [0.29, 0.717) is 0 Å². The number of likely N-dealkylation sites (N-methyl/N-ethyl adjacent to an activating group) is 1. The van der Waals surface area contributed by atoms with E-state index in [-0.39, 0.29) is 5.82 Å². The molecule has 1 saturated heterocycles. The van der Waals surface area contributed by atoms with Gasteiger partial charge in [0.25, 0.3) is 0 Å². The second-order valence-electron chi connectivity index (χ2n) is 5.51. The minimum Gasteiger partial charge on any atom is -0.350 e. The zero-order valence-corrected chi connectivity index (χ0v) is 11.6. The van der Waals surface area contributed by atoms with Crippen molar-refractivity contribution in [1.29, 1.82) is 0 Å². The van der Waals surface area contributed by atoms with Crippen LogP contribution in [0.4, 0.5) is 4.39 Å². The third-order valence-electron chi connectivity index (χ3n) is 4.03. The van der Waals surface area contributed by atoms with Crippen LogP contribution in [0, 0.1) is 5.82 Å². The Labute approximate surface area is 113 Å². The number of piperazine rings is 1. The van der Waals surface area contributed by atoms with E-state index in [9.17, 15) is 4.39 Å². The zero-order valence-electron chi connectivity index (χ0n) is 11.6. The van der Waals surface area contributed by atoms with Crippen molar-refractivity contribution in [3.63, 3.8) is 0 Å². The Morgan fingerprint density at radius 1 is 1.11 bits per heavy atom. The van der Waals surface area contributed by atoms with Crippen LogP contribution in [-0.4, -0.2) is 47.6 Å². The second-order valence-corrected chi connectivity index (χ2v) is 5.51. The Morgan fingerprint density at radius 2 is 1.84 bits per heavy atom. The summed E-state index contributed by atoms with van der Waals surface area (Å²) in [5, 5.41) is 1.17. The summed E-state index contributed by atoms with van der Waals surface area (Å²) in [6.07, 6.45) is 2.13. The summed E-state index contributed by atoms with van der Waals surface area (Å²) < 4.78 is 15.3. The summed E-state index contributed by atoms with van der Waals surface area (Å²) in [6.45, 7) is 5.41. The molecular formula is C15H20FN3. The molecule has 19 heavy (non-hydrogen) atoms. The minimum atomic E-state index is -0.167. The van der Waals surface area contributed by atoms with Gasteiger partial charge in [-0.2, -0.15) is 0 Å². The normalized spacial score (nSPS) is 18.3. The first kappa shape index (κ1) is 12.6. The number of hydrogen-bond donors (Lipinski definition) is 0. The molecule has 0 saturated carbocycles. The molecule has 1 aliphatic rings. The lowest BCUT2D eigenvalue weighted by Crippen LogP contribution is -2.43. The zero-order chi connectivity index (χ0) is 13.4. The topological polar surface area (TPSA) is 11.4 Å². The molecule has 2 aromatic rings. The van der Waals surface area contributed by atoms with E-state index >= 15 is 0 Å². The first-order chi connectivity index (χ1) is 9.13. The summed E-state index contributed by atoms with van der Waals surface area (Å²) in [5.74, 6) is -0.167. The summed E-state index contributed by atoms with van der Waals surface area (Å²) in [6, 6.07) is 5.06. The Hall–Kier alpha value is -1.39. The van der Waals surface area contributed by atoms with Gasteiger partial charge in [-0.05, 0) is 30.8 Å². The van der Waals surface area contributed by atoms with Gasteiger partial charge < -0.3 is 9.47 Å². The van der Waals surface area contributed by atoms with Crippen LogP contribution in [0.25, 0.3) is 10.9 Å². The molecule has 0 bridgehead atoms. The molecule has 3 rings (SSSR count). The monoisotopic (exact) mass is 261 g/mol. The maximum Gasteiger partial charge on any atom is 0.125 e. The Bertz CT molecular complexity index is 582. The molecule has 0 unspecified atom stereocenters. The highest BCUT2D eigenvalue weighted by Crippen LogP contribution is 2.23. The number of rotatable bonds is 2. The fourth-order valence-corrected chi connectivity index (χ4v) is 2.81. The average molecular weight is 261 g/mol. The van der Waals surface area contributed by atoms with Crippen LogP contribution < -0.4 is 0 Å². The van der Waals surface area contributed by atoms with E-state index < -0.39 is 0 Å². The van der Waals surface area contributed by atoms with Gasteiger partial charge in [0.1, 0.15) is 5.82 Å². The van der Waals surface area contributed by atoms with Crippen molar-refractivity contribution in [3.05, 3.63) is 35.8 Å². The molecule has 3 nitrogen and oxygen atoms in total. The van der Waals surface area contributed by atoms with Gasteiger partial charge in [-0.3, -0.25) is 4.90 Å². The molecule has 0 atom stereocenters. The number of benzene rings is 1. The quantitative estimate of drug-likeness (QED) is 0.820. The van der Waals surface area contributed by atoms with Crippen LogP contribution >= 0.6 is 0 Å². The van der Waals surface area contributed by atoms with E-state index in [4.69, 9.17) is 0 Å². The van der Waals surface area contributed by atoms with Crippen LogP contribution in [0.15, 0.2) is 24.4 Å². The molecule has 1 aromatic heterocycles. The summed E-state index contributed by atoms with van der Waals surface area (Å²) in [7, 11) is 4.15. The van der Waals surface area contributed by atoms with Gasteiger partial charge >= 0.3 is 0 Å². The lowest BCUT2D eigenvalue weighted by atomic mass is 10.1. The fraction of sp³-hybridized carbons (Fsp3) is 0.467.